The molecule has 0 aliphatic rings. The van der Waals surface area contributed by atoms with Gasteiger partial charge in [-0.25, -0.2) is 4.57 Å². The summed E-state index contributed by atoms with van der Waals surface area (Å²) >= 11 is 0. The summed E-state index contributed by atoms with van der Waals surface area (Å²) in [7, 11) is 3.79. The molecule has 0 saturated carbocycles. The molecule has 1 aromatic heterocycles. The average Bonchev–Trinajstić information content (AvgIpc) is 2.67. The predicted molar refractivity (Wildman–Crippen MR) is 105 cm³/mol. The molecule has 0 radical (unpaired) electrons. The first-order chi connectivity index (χ1) is 12.3. The summed E-state index contributed by atoms with van der Waals surface area (Å²) in [6, 6.07) is 23.1. The monoisotopic (exact) mass is 453 g/mol. The second-order valence-corrected chi connectivity index (χ2v) is 6.14. The summed E-state index contributed by atoms with van der Waals surface area (Å²) in [5, 5.41) is 3.59. The van der Waals surface area contributed by atoms with Crippen molar-refractivity contribution in [3.63, 3.8) is 0 Å². The Balaban J connectivity index is 0.00000196. The van der Waals surface area contributed by atoms with Crippen molar-refractivity contribution in [1.82, 2.24) is 0 Å². The Morgan fingerprint density at radius 2 is 1.35 bits per heavy atom. The van der Waals surface area contributed by atoms with Gasteiger partial charge in [-0.05, 0) is 28.6 Å². The summed E-state index contributed by atoms with van der Waals surface area (Å²) in [4.78, 5) is 0. The van der Waals surface area contributed by atoms with Crippen LogP contribution in [-0.4, -0.2) is 7.11 Å². The third kappa shape index (κ3) is 3.31. The molecule has 0 aliphatic carbocycles. The van der Waals surface area contributed by atoms with Crippen LogP contribution in [0.5, 0.6) is 5.75 Å². The van der Waals surface area contributed by atoms with Crippen LogP contribution in [0.2, 0.25) is 0 Å². The highest BCUT2D eigenvalue weighted by Gasteiger charge is 2.07. The maximum Gasteiger partial charge on any atom is 0.212 e. The molecule has 3 aromatic carbocycles. The van der Waals surface area contributed by atoms with Gasteiger partial charge in [0.05, 0.1) is 12.5 Å². The van der Waals surface area contributed by atoms with Crippen LogP contribution in [0.15, 0.2) is 72.9 Å². The van der Waals surface area contributed by atoms with Gasteiger partial charge >= 0.3 is 0 Å². The van der Waals surface area contributed by atoms with E-state index >= 15 is 0 Å². The van der Waals surface area contributed by atoms with Crippen molar-refractivity contribution >= 4 is 33.8 Å². The minimum atomic E-state index is 0. The fourth-order valence-corrected chi connectivity index (χ4v) is 3.33. The van der Waals surface area contributed by atoms with Gasteiger partial charge in [-0.2, -0.15) is 0 Å². The lowest BCUT2D eigenvalue weighted by molar-refractivity contribution is -0.644. The molecule has 26 heavy (non-hydrogen) atoms. The van der Waals surface area contributed by atoms with Crippen molar-refractivity contribution < 1.29 is 33.3 Å². The fraction of sp³-hybridized carbons (Fsp3) is 0.0870. The van der Waals surface area contributed by atoms with Crippen molar-refractivity contribution in [1.29, 1.82) is 0 Å². The van der Waals surface area contributed by atoms with Gasteiger partial charge < -0.3 is 28.7 Å². The topological polar surface area (TPSA) is 13.1 Å². The Kier molecular flexibility index (Phi) is 5.57. The summed E-state index contributed by atoms with van der Waals surface area (Å²) < 4.78 is 7.64. The van der Waals surface area contributed by atoms with Gasteiger partial charge in [0.1, 0.15) is 12.8 Å². The molecule has 4 rings (SSSR count). The van der Waals surface area contributed by atoms with E-state index in [2.05, 4.69) is 84.6 Å². The summed E-state index contributed by atoms with van der Waals surface area (Å²) in [6.45, 7) is 0. The number of fused-ring (bicyclic) bond motifs is 2. The smallest absolute Gasteiger partial charge is 0.212 e. The number of para-hydroxylation sites is 1. The second-order valence-electron chi connectivity index (χ2n) is 6.14. The molecule has 0 N–H and O–H groups in total. The molecule has 0 unspecified atom stereocenters. The molecule has 0 spiro atoms. The minimum Gasteiger partial charge on any atom is -1.00 e. The number of aryl methyl sites for hydroxylation is 1. The number of methoxy groups -OCH3 is 1. The maximum atomic E-state index is 5.49. The van der Waals surface area contributed by atoms with Crippen LogP contribution in [0.4, 0.5) is 0 Å². The van der Waals surface area contributed by atoms with E-state index in [9.17, 15) is 0 Å². The van der Waals surface area contributed by atoms with Crippen molar-refractivity contribution in [2.45, 2.75) is 0 Å². The first-order valence-electron chi connectivity index (χ1n) is 8.39. The normalized spacial score (nSPS) is 11.0. The average molecular weight is 453 g/mol. The van der Waals surface area contributed by atoms with Crippen molar-refractivity contribution in [2.24, 2.45) is 7.05 Å². The van der Waals surface area contributed by atoms with Crippen molar-refractivity contribution in [3.05, 3.63) is 84.1 Å². The molecule has 4 aromatic rings. The highest BCUT2D eigenvalue weighted by molar-refractivity contribution is 5.98. The molecule has 0 saturated heterocycles. The van der Waals surface area contributed by atoms with Gasteiger partial charge in [0.25, 0.3) is 0 Å². The Morgan fingerprint density at radius 1 is 0.731 bits per heavy atom. The summed E-state index contributed by atoms with van der Waals surface area (Å²) in [5.41, 5.74) is 3.63. The number of rotatable bonds is 3. The molecule has 0 aliphatic heterocycles. The largest absolute Gasteiger partial charge is 1.00 e. The number of halogens is 1. The molecular weight excluding hydrogens is 433 g/mol. The molecule has 130 valence electrons. The quantitative estimate of drug-likeness (QED) is 0.342. The van der Waals surface area contributed by atoms with E-state index in [1.807, 2.05) is 12.1 Å². The predicted octanol–water partition coefficient (Wildman–Crippen LogP) is 2.00. The third-order valence-electron chi connectivity index (χ3n) is 4.65. The van der Waals surface area contributed by atoms with E-state index in [-0.39, 0.29) is 24.0 Å². The van der Waals surface area contributed by atoms with Crippen LogP contribution < -0.4 is 33.3 Å². The zero-order chi connectivity index (χ0) is 17.2. The number of hydrogen-bond donors (Lipinski definition) is 0. The van der Waals surface area contributed by atoms with Crippen LogP contribution in [0.1, 0.15) is 11.1 Å². The number of nitrogens with zero attached hydrogens (tertiary/aromatic N) is 1. The lowest BCUT2D eigenvalue weighted by atomic mass is 10.0. The van der Waals surface area contributed by atoms with Crippen molar-refractivity contribution in [2.75, 3.05) is 7.11 Å². The van der Waals surface area contributed by atoms with Crippen LogP contribution in [-0.2, 0) is 7.05 Å². The Labute approximate surface area is 170 Å². The van der Waals surface area contributed by atoms with Gasteiger partial charge in [0.2, 0.25) is 5.52 Å². The molecule has 0 atom stereocenters. The Morgan fingerprint density at radius 3 is 2.08 bits per heavy atom. The van der Waals surface area contributed by atoms with Gasteiger partial charge in [0, 0.05) is 17.5 Å². The van der Waals surface area contributed by atoms with E-state index in [0.717, 1.165) is 11.1 Å². The fourth-order valence-electron chi connectivity index (χ4n) is 3.33. The molecule has 0 bridgehead atoms. The van der Waals surface area contributed by atoms with Gasteiger partial charge in [-0.3, -0.25) is 0 Å². The summed E-state index contributed by atoms with van der Waals surface area (Å²) in [5.74, 6) is 0.907. The van der Waals surface area contributed by atoms with E-state index in [1.165, 1.54) is 27.4 Å². The second kappa shape index (κ2) is 7.87. The highest BCUT2D eigenvalue weighted by Crippen LogP contribution is 2.29. The number of benzene rings is 3. The number of pyridine rings is 1. The van der Waals surface area contributed by atoms with Crippen LogP contribution >= 0.6 is 0 Å². The Bertz CT molecular complexity index is 1100. The van der Waals surface area contributed by atoms with Gasteiger partial charge in [-0.1, -0.05) is 54.6 Å². The summed E-state index contributed by atoms with van der Waals surface area (Å²) in [6.07, 6.45) is 6.48. The number of hydrogen-bond acceptors (Lipinski definition) is 1. The van der Waals surface area contributed by atoms with Crippen LogP contribution in [0, 0.1) is 0 Å². The number of aromatic nitrogens is 1. The molecule has 0 amide bonds. The SMILES string of the molecule is COc1ccc(C=Cc2cc[n+](C)c3ccccc23)c2ccccc12.[I-]. The zero-order valence-electron chi connectivity index (χ0n) is 14.8. The van der Waals surface area contributed by atoms with Crippen molar-refractivity contribution in [3.8, 4) is 5.75 Å². The molecule has 3 heteroatoms. The van der Waals surface area contributed by atoms with E-state index in [0.29, 0.717) is 0 Å². The third-order valence-corrected chi connectivity index (χ3v) is 4.65. The number of ether oxygens (including phenoxy) is 1. The molecule has 1 heterocycles. The maximum absolute atomic E-state index is 5.49. The minimum absolute atomic E-state index is 0. The lowest BCUT2D eigenvalue weighted by Crippen LogP contribution is -3.00. The first-order valence-corrected chi connectivity index (χ1v) is 8.39. The Hall–Kier alpha value is -2.40. The van der Waals surface area contributed by atoms with Gasteiger partial charge in [-0.15, -0.1) is 0 Å². The lowest BCUT2D eigenvalue weighted by Gasteiger charge is -2.08. The molecule has 0 fully saturated rings. The van der Waals surface area contributed by atoms with Gasteiger partial charge in [0.15, 0.2) is 6.20 Å². The molecule has 2 nitrogen and oxygen atoms in total. The standard InChI is InChI=1S/C23H20NO.HI/c1-24-16-15-18(20-8-5-6-10-22(20)24)12-11-17-13-14-23(25-2)21-9-4-3-7-19(17)21;/h3-16H,1-2H3;1H/q+1;/p-1. The highest BCUT2D eigenvalue weighted by atomic mass is 127. The van der Waals surface area contributed by atoms with Crippen LogP contribution in [0.3, 0.4) is 0 Å². The zero-order valence-corrected chi connectivity index (χ0v) is 17.0. The van der Waals surface area contributed by atoms with E-state index in [4.69, 9.17) is 4.74 Å². The van der Waals surface area contributed by atoms with Crippen LogP contribution in [0.25, 0.3) is 33.8 Å². The first kappa shape index (κ1) is 18.4. The molecular formula is C23H20INO. The van der Waals surface area contributed by atoms with E-state index < -0.39 is 0 Å². The van der Waals surface area contributed by atoms with E-state index in [1.54, 1.807) is 7.11 Å².